The minimum Gasteiger partial charge on any atom is -0.310 e. The van der Waals surface area contributed by atoms with Crippen molar-refractivity contribution in [3.8, 4) is 0 Å². The molecule has 2 bridgehead atoms. The zero-order valence-corrected chi connectivity index (χ0v) is 10.0. The Labute approximate surface area is 105 Å². The Morgan fingerprint density at radius 2 is 2.24 bits per heavy atom. The third kappa shape index (κ3) is 2.07. The maximum atomic E-state index is 12.1. The molecule has 0 spiro atoms. The number of carbonyl (C=O) groups excluding carboxylic acids is 1. The summed E-state index contributed by atoms with van der Waals surface area (Å²) in [5, 5.41) is 3.43. The number of nitrogens with zero attached hydrogens (tertiary/aromatic N) is 1. The van der Waals surface area contributed by atoms with E-state index < -0.39 is 0 Å². The van der Waals surface area contributed by atoms with Crippen LogP contribution < -0.4 is 5.32 Å². The fraction of sp³-hybridized carbons (Fsp3) is 0.385. The van der Waals surface area contributed by atoms with Gasteiger partial charge in [0.1, 0.15) is 5.82 Å². The third-order valence-electron chi connectivity index (χ3n) is 3.59. The van der Waals surface area contributed by atoms with Gasteiger partial charge in [-0.2, -0.15) is 0 Å². The Bertz CT molecular complexity index is 469. The smallest absolute Gasteiger partial charge is 0.229 e. The lowest BCUT2D eigenvalue weighted by molar-refractivity contribution is -0.120. The van der Waals surface area contributed by atoms with Crippen LogP contribution >= 0.6 is 11.6 Å². The predicted molar refractivity (Wildman–Crippen MR) is 66.7 cm³/mol. The number of amides is 1. The van der Waals surface area contributed by atoms with Crippen molar-refractivity contribution in [1.29, 1.82) is 0 Å². The molecule has 88 valence electrons. The lowest BCUT2D eigenvalue weighted by Crippen LogP contribution is -2.26. The molecule has 1 saturated carbocycles. The van der Waals surface area contributed by atoms with Gasteiger partial charge in [-0.25, -0.2) is 4.98 Å². The summed E-state index contributed by atoms with van der Waals surface area (Å²) in [6.07, 6.45) is 8.05. The lowest BCUT2D eigenvalue weighted by atomic mass is 9.93. The number of hydrogen-bond acceptors (Lipinski definition) is 2. The fourth-order valence-electron chi connectivity index (χ4n) is 2.75. The summed E-state index contributed by atoms with van der Waals surface area (Å²) in [5.41, 5.74) is 0. The molecule has 1 amide bonds. The normalized spacial score (nSPS) is 29.6. The van der Waals surface area contributed by atoms with Gasteiger partial charge in [0.25, 0.3) is 0 Å². The highest BCUT2D eigenvalue weighted by molar-refractivity contribution is 6.30. The van der Waals surface area contributed by atoms with Crippen LogP contribution in [0.15, 0.2) is 30.5 Å². The second kappa shape index (κ2) is 4.15. The first-order valence-electron chi connectivity index (χ1n) is 5.83. The standard InChI is InChI=1S/C13H13ClN2O/c14-10-3-4-12(15-7-10)16-13(17)11-6-8-1-2-9(11)5-8/h1-4,7-9,11H,5-6H2,(H,15,16,17). The molecule has 2 aliphatic carbocycles. The first-order valence-corrected chi connectivity index (χ1v) is 6.21. The molecule has 1 heterocycles. The number of hydrogen-bond donors (Lipinski definition) is 1. The number of carbonyl (C=O) groups is 1. The van der Waals surface area contributed by atoms with Crippen LogP contribution in [0.3, 0.4) is 0 Å². The maximum absolute atomic E-state index is 12.1. The van der Waals surface area contributed by atoms with E-state index in [4.69, 9.17) is 11.6 Å². The highest BCUT2D eigenvalue weighted by atomic mass is 35.5. The van der Waals surface area contributed by atoms with E-state index >= 15 is 0 Å². The van der Waals surface area contributed by atoms with Gasteiger partial charge in [0, 0.05) is 12.1 Å². The van der Waals surface area contributed by atoms with E-state index in [0.717, 1.165) is 12.8 Å². The molecule has 0 radical (unpaired) electrons. The van der Waals surface area contributed by atoms with Crippen molar-refractivity contribution in [3.63, 3.8) is 0 Å². The SMILES string of the molecule is O=C(Nc1ccc(Cl)cn1)C1CC2C=CC1C2. The largest absolute Gasteiger partial charge is 0.310 e. The third-order valence-corrected chi connectivity index (χ3v) is 3.82. The molecule has 17 heavy (non-hydrogen) atoms. The molecule has 3 atom stereocenters. The van der Waals surface area contributed by atoms with Crippen molar-refractivity contribution in [1.82, 2.24) is 4.98 Å². The Kier molecular flexibility index (Phi) is 2.63. The average molecular weight is 249 g/mol. The van der Waals surface area contributed by atoms with E-state index in [2.05, 4.69) is 22.5 Å². The molecule has 1 aromatic heterocycles. The number of fused-ring (bicyclic) bond motifs is 2. The first-order chi connectivity index (χ1) is 8.22. The van der Waals surface area contributed by atoms with Crippen LogP contribution in [0.2, 0.25) is 5.02 Å². The minimum absolute atomic E-state index is 0.0803. The fourth-order valence-corrected chi connectivity index (χ4v) is 2.86. The molecule has 1 fully saturated rings. The monoisotopic (exact) mass is 248 g/mol. The van der Waals surface area contributed by atoms with E-state index in [1.165, 1.54) is 6.20 Å². The van der Waals surface area contributed by atoms with Gasteiger partial charge in [-0.1, -0.05) is 23.8 Å². The molecule has 1 aromatic rings. The van der Waals surface area contributed by atoms with Crippen molar-refractivity contribution >= 4 is 23.3 Å². The first kappa shape index (κ1) is 10.8. The highest BCUT2D eigenvalue weighted by Gasteiger charge is 2.39. The van der Waals surface area contributed by atoms with E-state index in [-0.39, 0.29) is 11.8 Å². The molecule has 2 aliphatic rings. The number of anilines is 1. The van der Waals surface area contributed by atoms with Gasteiger partial charge in [-0.05, 0) is 36.8 Å². The number of pyridine rings is 1. The number of aromatic nitrogens is 1. The van der Waals surface area contributed by atoms with Crippen LogP contribution in [0.1, 0.15) is 12.8 Å². The molecular weight excluding hydrogens is 236 g/mol. The van der Waals surface area contributed by atoms with Gasteiger partial charge in [-0.3, -0.25) is 4.79 Å². The maximum Gasteiger partial charge on any atom is 0.229 e. The molecule has 0 saturated heterocycles. The van der Waals surface area contributed by atoms with Gasteiger partial charge in [0.05, 0.1) is 5.02 Å². The molecule has 3 nitrogen and oxygen atoms in total. The van der Waals surface area contributed by atoms with Crippen molar-refractivity contribution < 1.29 is 4.79 Å². The van der Waals surface area contributed by atoms with Crippen LogP contribution in [0.4, 0.5) is 5.82 Å². The summed E-state index contributed by atoms with van der Waals surface area (Å²) < 4.78 is 0. The van der Waals surface area contributed by atoms with E-state index in [1.54, 1.807) is 12.1 Å². The topological polar surface area (TPSA) is 42.0 Å². The number of allylic oxidation sites excluding steroid dienone is 2. The second-order valence-corrected chi connectivity index (χ2v) is 5.17. The van der Waals surface area contributed by atoms with Gasteiger partial charge in [0.2, 0.25) is 5.91 Å². The summed E-state index contributed by atoms with van der Waals surface area (Å²) in [6, 6.07) is 3.45. The summed E-state index contributed by atoms with van der Waals surface area (Å²) in [5.74, 6) is 1.80. The summed E-state index contributed by atoms with van der Waals surface area (Å²) >= 11 is 5.74. The van der Waals surface area contributed by atoms with Gasteiger partial charge in [-0.15, -0.1) is 0 Å². The average Bonchev–Trinajstić information content (AvgIpc) is 2.94. The van der Waals surface area contributed by atoms with Gasteiger partial charge >= 0.3 is 0 Å². The van der Waals surface area contributed by atoms with Crippen molar-refractivity contribution in [2.75, 3.05) is 5.32 Å². The number of halogens is 1. The van der Waals surface area contributed by atoms with Crippen LogP contribution in [-0.2, 0) is 4.79 Å². The summed E-state index contributed by atoms with van der Waals surface area (Å²) in [4.78, 5) is 16.1. The van der Waals surface area contributed by atoms with Crippen LogP contribution in [0.25, 0.3) is 0 Å². The van der Waals surface area contributed by atoms with E-state index in [1.807, 2.05) is 0 Å². The quantitative estimate of drug-likeness (QED) is 0.818. The van der Waals surface area contributed by atoms with Gasteiger partial charge < -0.3 is 5.32 Å². The molecule has 0 aliphatic heterocycles. The predicted octanol–water partition coefficient (Wildman–Crippen LogP) is 2.89. The highest BCUT2D eigenvalue weighted by Crippen LogP contribution is 2.43. The molecule has 4 heteroatoms. The Morgan fingerprint density at radius 1 is 1.35 bits per heavy atom. The minimum atomic E-state index is 0.0803. The number of rotatable bonds is 2. The van der Waals surface area contributed by atoms with Crippen molar-refractivity contribution in [2.45, 2.75) is 12.8 Å². The Balaban J connectivity index is 1.68. The Hall–Kier alpha value is -1.35. The summed E-state index contributed by atoms with van der Waals surface area (Å²) in [6.45, 7) is 0. The van der Waals surface area contributed by atoms with Crippen LogP contribution in [-0.4, -0.2) is 10.9 Å². The molecule has 3 unspecified atom stereocenters. The van der Waals surface area contributed by atoms with E-state index in [0.29, 0.717) is 22.7 Å². The molecule has 1 N–H and O–H groups in total. The zero-order valence-electron chi connectivity index (χ0n) is 9.27. The van der Waals surface area contributed by atoms with Crippen molar-refractivity contribution in [2.24, 2.45) is 17.8 Å². The lowest BCUT2D eigenvalue weighted by Gasteiger charge is -2.17. The van der Waals surface area contributed by atoms with E-state index in [9.17, 15) is 4.79 Å². The molecular formula is C13H13ClN2O. The Morgan fingerprint density at radius 3 is 2.82 bits per heavy atom. The summed E-state index contributed by atoms with van der Waals surface area (Å²) in [7, 11) is 0. The zero-order chi connectivity index (χ0) is 11.8. The van der Waals surface area contributed by atoms with Crippen molar-refractivity contribution in [3.05, 3.63) is 35.5 Å². The second-order valence-electron chi connectivity index (χ2n) is 4.74. The van der Waals surface area contributed by atoms with Crippen LogP contribution in [0.5, 0.6) is 0 Å². The number of nitrogens with one attached hydrogen (secondary N) is 1. The molecule has 3 rings (SSSR count). The van der Waals surface area contributed by atoms with Crippen LogP contribution in [0, 0.1) is 17.8 Å². The van der Waals surface area contributed by atoms with Gasteiger partial charge in [0.15, 0.2) is 0 Å². The molecule has 0 aromatic carbocycles.